The normalized spacial score (nSPS) is 14.5. The molecule has 0 aliphatic carbocycles. The Morgan fingerprint density at radius 3 is 2.35 bits per heavy atom. The summed E-state index contributed by atoms with van der Waals surface area (Å²) in [5.41, 5.74) is 3.92. The van der Waals surface area contributed by atoms with Crippen molar-refractivity contribution in [3.63, 3.8) is 0 Å². The second-order valence-electron chi connectivity index (χ2n) is 7.06. The molecule has 2 aromatic carbocycles. The van der Waals surface area contributed by atoms with Crippen LogP contribution in [0.25, 0.3) is 0 Å². The molecule has 0 amide bonds. The number of nitrogens with one attached hydrogen (secondary N) is 1. The number of hydrogen-bond acceptors (Lipinski definition) is 4. The van der Waals surface area contributed by atoms with Gasteiger partial charge < -0.3 is 5.32 Å². The molecule has 0 aromatic heterocycles. The van der Waals surface area contributed by atoms with Gasteiger partial charge in [-0.3, -0.25) is 0 Å². The predicted molar refractivity (Wildman–Crippen MR) is 115 cm³/mol. The van der Waals surface area contributed by atoms with E-state index in [1.807, 2.05) is 24.3 Å². The van der Waals surface area contributed by atoms with Crippen LogP contribution in [0.5, 0.6) is 0 Å². The molecule has 0 unspecified atom stereocenters. The molecule has 0 spiro atoms. The molecule has 0 radical (unpaired) electrons. The Morgan fingerprint density at radius 1 is 1.16 bits per heavy atom. The fraction of sp³-hybridized carbons (Fsp3) is 0.381. The number of hydrogen-bond donors (Lipinski definition) is 1. The summed E-state index contributed by atoms with van der Waals surface area (Å²) < 4.78 is 58.4. The number of anilines is 1. The molecule has 1 saturated heterocycles. The van der Waals surface area contributed by atoms with E-state index in [1.165, 1.54) is 11.1 Å². The predicted octanol–water partition coefficient (Wildman–Crippen LogP) is 5.11. The monoisotopic (exact) mass is 473 g/mol. The highest BCUT2D eigenvalue weighted by atomic mass is 35.5. The molecule has 0 saturated carbocycles. The van der Waals surface area contributed by atoms with Gasteiger partial charge in [-0.15, -0.1) is 0 Å². The standard InChI is InChI=1S/C15H13ClN2.C6H10F3NO2S/c1-11-4-2-3-5-13(11)10-18-14-7-6-12(9-17)15(16)8-14;7-6(8,9)5-13(11,12)10-3-1-2-4-10/h2-8,18H,10H2,1H3;1-5H2. The number of benzene rings is 2. The van der Waals surface area contributed by atoms with Crippen molar-refractivity contribution in [2.75, 3.05) is 24.2 Å². The van der Waals surface area contributed by atoms with E-state index >= 15 is 0 Å². The van der Waals surface area contributed by atoms with Gasteiger partial charge in [-0.2, -0.15) is 18.4 Å². The van der Waals surface area contributed by atoms with Crippen LogP contribution in [-0.2, 0) is 16.6 Å². The zero-order chi connectivity index (χ0) is 23.1. The van der Waals surface area contributed by atoms with Crippen LogP contribution in [0.15, 0.2) is 42.5 Å². The van der Waals surface area contributed by atoms with Gasteiger partial charge in [0.05, 0.1) is 10.6 Å². The molecule has 1 fully saturated rings. The molecule has 3 rings (SSSR count). The molecule has 10 heteroatoms. The Kier molecular flexibility index (Phi) is 8.74. The Morgan fingerprint density at radius 2 is 1.81 bits per heavy atom. The van der Waals surface area contributed by atoms with E-state index in [0.29, 0.717) is 23.4 Å². The molecule has 1 aliphatic heterocycles. The molecule has 0 atom stereocenters. The van der Waals surface area contributed by atoms with Crippen LogP contribution in [0.1, 0.15) is 29.5 Å². The van der Waals surface area contributed by atoms with E-state index in [2.05, 4.69) is 24.4 Å². The van der Waals surface area contributed by atoms with Gasteiger partial charge in [-0.25, -0.2) is 12.7 Å². The van der Waals surface area contributed by atoms with Crippen molar-refractivity contribution in [1.82, 2.24) is 4.31 Å². The van der Waals surface area contributed by atoms with E-state index in [1.54, 1.807) is 12.1 Å². The number of sulfonamides is 1. The number of aryl methyl sites for hydroxylation is 1. The van der Waals surface area contributed by atoms with E-state index in [0.717, 1.165) is 16.5 Å². The zero-order valence-corrected chi connectivity index (χ0v) is 18.5. The van der Waals surface area contributed by atoms with Crippen molar-refractivity contribution in [2.45, 2.75) is 32.5 Å². The fourth-order valence-corrected chi connectivity index (χ4v) is 4.62. The summed E-state index contributed by atoms with van der Waals surface area (Å²) in [6, 6.07) is 15.6. The number of nitrogens with zero attached hydrogens (tertiary/aromatic N) is 2. The van der Waals surface area contributed by atoms with Crippen molar-refractivity contribution < 1.29 is 21.6 Å². The van der Waals surface area contributed by atoms with Gasteiger partial charge in [-0.05, 0) is 49.1 Å². The van der Waals surface area contributed by atoms with Crippen LogP contribution < -0.4 is 5.32 Å². The lowest BCUT2D eigenvalue weighted by atomic mass is 10.1. The van der Waals surface area contributed by atoms with Gasteiger partial charge in [0.15, 0.2) is 5.75 Å². The minimum atomic E-state index is -4.64. The maximum atomic E-state index is 11.8. The summed E-state index contributed by atoms with van der Waals surface area (Å²) in [5.74, 6) is -1.74. The first-order valence-electron chi connectivity index (χ1n) is 9.54. The second-order valence-corrected chi connectivity index (χ2v) is 9.44. The summed E-state index contributed by atoms with van der Waals surface area (Å²) in [6.07, 6.45) is -3.34. The summed E-state index contributed by atoms with van der Waals surface area (Å²) >= 11 is 5.98. The Balaban J connectivity index is 0.000000233. The summed E-state index contributed by atoms with van der Waals surface area (Å²) in [4.78, 5) is 0. The lowest BCUT2D eigenvalue weighted by Crippen LogP contribution is -2.35. The maximum absolute atomic E-state index is 11.8. The highest BCUT2D eigenvalue weighted by molar-refractivity contribution is 7.89. The van der Waals surface area contributed by atoms with Crippen LogP contribution >= 0.6 is 11.6 Å². The molecule has 1 heterocycles. The first-order valence-corrected chi connectivity index (χ1v) is 11.5. The third-order valence-corrected chi connectivity index (χ3v) is 6.80. The van der Waals surface area contributed by atoms with E-state index in [4.69, 9.17) is 16.9 Å². The maximum Gasteiger partial charge on any atom is 0.404 e. The number of alkyl halides is 3. The van der Waals surface area contributed by atoms with Crippen molar-refractivity contribution >= 4 is 27.3 Å². The smallest absolute Gasteiger partial charge is 0.381 e. The van der Waals surface area contributed by atoms with Gasteiger partial charge in [0.25, 0.3) is 0 Å². The van der Waals surface area contributed by atoms with Gasteiger partial charge in [0, 0.05) is 25.3 Å². The van der Waals surface area contributed by atoms with Gasteiger partial charge in [-0.1, -0.05) is 35.9 Å². The highest BCUT2D eigenvalue weighted by Gasteiger charge is 2.38. The molecule has 0 bridgehead atoms. The van der Waals surface area contributed by atoms with Crippen LogP contribution in [0.3, 0.4) is 0 Å². The highest BCUT2D eigenvalue weighted by Crippen LogP contribution is 2.22. The Labute approximate surface area is 185 Å². The molecule has 31 heavy (non-hydrogen) atoms. The molecule has 1 aliphatic rings. The first kappa shape index (κ1) is 25.0. The lowest BCUT2D eigenvalue weighted by Gasteiger charge is -2.16. The largest absolute Gasteiger partial charge is 0.404 e. The minimum absolute atomic E-state index is 0.221. The van der Waals surface area contributed by atoms with Crippen LogP contribution in [0, 0.1) is 18.3 Å². The molecular weight excluding hydrogens is 451 g/mol. The summed E-state index contributed by atoms with van der Waals surface area (Å²) in [5, 5.41) is 12.6. The van der Waals surface area contributed by atoms with Gasteiger partial charge in [0.1, 0.15) is 6.07 Å². The quantitative estimate of drug-likeness (QED) is 0.655. The lowest BCUT2D eigenvalue weighted by molar-refractivity contribution is -0.106. The van der Waals surface area contributed by atoms with Crippen molar-refractivity contribution in [2.24, 2.45) is 0 Å². The third kappa shape index (κ3) is 8.05. The molecular formula is C21H23ClF3N3O2S. The first-order chi connectivity index (χ1) is 14.5. The number of nitriles is 1. The number of rotatable bonds is 5. The van der Waals surface area contributed by atoms with Gasteiger partial charge >= 0.3 is 6.18 Å². The van der Waals surface area contributed by atoms with E-state index in [9.17, 15) is 21.6 Å². The van der Waals surface area contributed by atoms with Crippen LogP contribution in [0.4, 0.5) is 18.9 Å². The zero-order valence-electron chi connectivity index (χ0n) is 16.9. The van der Waals surface area contributed by atoms with E-state index < -0.39 is 22.0 Å². The Hall–Kier alpha value is -2.28. The Bertz CT molecular complexity index is 1030. The molecule has 5 nitrogen and oxygen atoms in total. The fourth-order valence-electron chi connectivity index (χ4n) is 2.99. The van der Waals surface area contributed by atoms with E-state index in [-0.39, 0.29) is 13.1 Å². The van der Waals surface area contributed by atoms with Crippen molar-refractivity contribution in [3.05, 3.63) is 64.2 Å². The van der Waals surface area contributed by atoms with Crippen LogP contribution in [0.2, 0.25) is 5.02 Å². The second kappa shape index (κ2) is 10.8. The molecule has 2 aromatic rings. The molecule has 168 valence electrons. The SMILES string of the molecule is Cc1ccccc1CNc1ccc(C#N)c(Cl)c1.O=S(=O)(CC(F)(F)F)N1CCCC1. The average Bonchev–Trinajstić information content (AvgIpc) is 3.22. The third-order valence-electron chi connectivity index (χ3n) is 4.64. The topological polar surface area (TPSA) is 73.2 Å². The van der Waals surface area contributed by atoms with Crippen LogP contribution in [-0.4, -0.2) is 37.7 Å². The van der Waals surface area contributed by atoms with Crippen molar-refractivity contribution in [1.29, 1.82) is 5.26 Å². The number of halogens is 4. The average molecular weight is 474 g/mol. The minimum Gasteiger partial charge on any atom is -0.381 e. The van der Waals surface area contributed by atoms with Crippen molar-refractivity contribution in [3.8, 4) is 6.07 Å². The molecule has 1 N–H and O–H groups in total. The summed E-state index contributed by atoms with van der Waals surface area (Å²) in [6.45, 7) is 3.27. The summed E-state index contributed by atoms with van der Waals surface area (Å²) in [7, 11) is -4.11. The van der Waals surface area contributed by atoms with Gasteiger partial charge in [0.2, 0.25) is 10.0 Å².